The van der Waals surface area contributed by atoms with E-state index in [1.807, 2.05) is 9.80 Å². The molecule has 2 rings (SSSR count). The zero-order chi connectivity index (χ0) is 13.8. The van der Waals surface area contributed by atoms with Crippen LogP contribution in [0.15, 0.2) is 18.2 Å². The standard InChI is InChI=1S/C13H14FN3O2/c14-12-7-11(2-1-10(12)8-15)17-5-3-16(4-6-17)9-13(18)19/h1-2,7H,3-6,9H2,(H,18,19). The van der Waals surface area contributed by atoms with E-state index in [9.17, 15) is 9.18 Å². The quantitative estimate of drug-likeness (QED) is 0.877. The smallest absolute Gasteiger partial charge is 0.317 e. The molecule has 100 valence electrons. The Labute approximate surface area is 110 Å². The number of carboxylic acids is 1. The first-order chi connectivity index (χ1) is 9.10. The van der Waals surface area contributed by atoms with Gasteiger partial charge in [0, 0.05) is 31.9 Å². The fraction of sp³-hybridized carbons (Fsp3) is 0.385. The van der Waals surface area contributed by atoms with Crippen molar-refractivity contribution >= 4 is 11.7 Å². The Balaban J connectivity index is 2.00. The molecule has 1 aliphatic heterocycles. The molecule has 1 aromatic rings. The van der Waals surface area contributed by atoms with Gasteiger partial charge in [0.25, 0.3) is 0 Å². The van der Waals surface area contributed by atoms with Crippen LogP contribution in [0.1, 0.15) is 5.56 Å². The largest absolute Gasteiger partial charge is 0.480 e. The van der Waals surface area contributed by atoms with Crippen molar-refractivity contribution in [3.05, 3.63) is 29.6 Å². The van der Waals surface area contributed by atoms with Crippen LogP contribution in [-0.2, 0) is 4.79 Å². The Kier molecular flexibility index (Phi) is 3.97. The lowest BCUT2D eigenvalue weighted by atomic mass is 10.2. The second-order valence-corrected chi connectivity index (χ2v) is 4.43. The van der Waals surface area contributed by atoms with Crippen molar-refractivity contribution in [2.45, 2.75) is 0 Å². The first-order valence-electron chi connectivity index (χ1n) is 5.99. The van der Waals surface area contributed by atoms with Gasteiger partial charge in [0.2, 0.25) is 0 Å². The van der Waals surface area contributed by atoms with Crippen molar-refractivity contribution in [1.29, 1.82) is 5.26 Å². The number of nitrogens with zero attached hydrogens (tertiary/aromatic N) is 3. The maximum Gasteiger partial charge on any atom is 0.317 e. The van der Waals surface area contributed by atoms with E-state index in [0.29, 0.717) is 26.2 Å². The number of piperazine rings is 1. The fourth-order valence-electron chi connectivity index (χ4n) is 2.15. The summed E-state index contributed by atoms with van der Waals surface area (Å²) in [5.41, 5.74) is 0.764. The summed E-state index contributed by atoms with van der Waals surface area (Å²) in [6, 6.07) is 6.32. The molecule has 0 saturated carbocycles. The van der Waals surface area contributed by atoms with Crippen molar-refractivity contribution in [2.24, 2.45) is 0 Å². The number of nitriles is 1. The second-order valence-electron chi connectivity index (χ2n) is 4.43. The van der Waals surface area contributed by atoms with Gasteiger partial charge < -0.3 is 10.0 Å². The molecule has 0 unspecified atom stereocenters. The molecule has 1 aliphatic rings. The third kappa shape index (κ3) is 3.20. The van der Waals surface area contributed by atoms with Crippen LogP contribution >= 0.6 is 0 Å². The molecular formula is C13H14FN3O2. The maximum absolute atomic E-state index is 13.5. The van der Waals surface area contributed by atoms with Crippen LogP contribution in [0.25, 0.3) is 0 Å². The average Bonchev–Trinajstić information content (AvgIpc) is 2.39. The molecule has 1 fully saturated rings. The highest BCUT2D eigenvalue weighted by Gasteiger charge is 2.19. The summed E-state index contributed by atoms with van der Waals surface area (Å²) in [4.78, 5) is 14.4. The molecule has 1 heterocycles. The summed E-state index contributed by atoms with van der Waals surface area (Å²) in [5, 5.41) is 17.4. The summed E-state index contributed by atoms with van der Waals surface area (Å²) in [7, 11) is 0. The van der Waals surface area contributed by atoms with Crippen molar-refractivity contribution < 1.29 is 14.3 Å². The van der Waals surface area contributed by atoms with Gasteiger partial charge in [0.05, 0.1) is 12.1 Å². The molecule has 1 saturated heterocycles. The lowest BCUT2D eigenvalue weighted by Gasteiger charge is -2.35. The number of carbonyl (C=O) groups is 1. The van der Waals surface area contributed by atoms with Gasteiger partial charge in [-0.3, -0.25) is 9.69 Å². The van der Waals surface area contributed by atoms with Gasteiger partial charge >= 0.3 is 5.97 Å². The average molecular weight is 263 g/mol. The van der Waals surface area contributed by atoms with Gasteiger partial charge in [-0.2, -0.15) is 5.26 Å². The molecule has 0 radical (unpaired) electrons. The molecule has 19 heavy (non-hydrogen) atoms. The third-order valence-corrected chi connectivity index (χ3v) is 3.17. The molecular weight excluding hydrogens is 249 g/mol. The normalized spacial score (nSPS) is 16.1. The van der Waals surface area contributed by atoms with Gasteiger partial charge in [0.15, 0.2) is 0 Å². The van der Waals surface area contributed by atoms with Crippen LogP contribution in [0.5, 0.6) is 0 Å². The minimum Gasteiger partial charge on any atom is -0.480 e. The van der Waals surface area contributed by atoms with E-state index in [1.165, 1.54) is 12.1 Å². The van der Waals surface area contributed by atoms with E-state index in [0.717, 1.165) is 5.69 Å². The minimum absolute atomic E-state index is 0.0354. The van der Waals surface area contributed by atoms with E-state index >= 15 is 0 Å². The van der Waals surface area contributed by atoms with Gasteiger partial charge in [-0.1, -0.05) is 0 Å². The van der Waals surface area contributed by atoms with Crippen LogP contribution in [0.3, 0.4) is 0 Å². The number of anilines is 1. The number of benzene rings is 1. The Hall–Kier alpha value is -2.13. The zero-order valence-corrected chi connectivity index (χ0v) is 10.3. The molecule has 0 spiro atoms. The molecule has 1 aromatic carbocycles. The predicted molar refractivity (Wildman–Crippen MR) is 67.4 cm³/mol. The summed E-state index contributed by atoms with van der Waals surface area (Å²) in [6.07, 6.45) is 0. The van der Waals surface area contributed by atoms with E-state index < -0.39 is 11.8 Å². The third-order valence-electron chi connectivity index (χ3n) is 3.17. The maximum atomic E-state index is 13.5. The topological polar surface area (TPSA) is 67.6 Å². The van der Waals surface area contributed by atoms with Crippen LogP contribution in [0.2, 0.25) is 0 Å². The highest BCUT2D eigenvalue weighted by molar-refractivity contribution is 5.69. The first-order valence-corrected chi connectivity index (χ1v) is 5.99. The second kappa shape index (κ2) is 5.67. The Morgan fingerprint density at radius 3 is 2.58 bits per heavy atom. The Bertz CT molecular complexity index is 519. The highest BCUT2D eigenvalue weighted by atomic mass is 19.1. The number of carboxylic acid groups (broad SMARTS) is 1. The molecule has 5 nitrogen and oxygen atoms in total. The van der Waals surface area contributed by atoms with Crippen LogP contribution < -0.4 is 4.90 Å². The summed E-state index contributed by atoms with van der Waals surface area (Å²) in [6.45, 7) is 2.61. The van der Waals surface area contributed by atoms with Crippen molar-refractivity contribution in [1.82, 2.24) is 4.90 Å². The number of hydrogen-bond donors (Lipinski definition) is 1. The molecule has 0 aromatic heterocycles. The lowest BCUT2D eigenvalue weighted by molar-refractivity contribution is -0.138. The Morgan fingerprint density at radius 1 is 1.37 bits per heavy atom. The SMILES string of the molecule is N#Cc1ccc(N2CCN(CC(=O)O)CC2)cc1F. The molecule has 0 aliphatic carbocycles. The van der Waals surface area contributed by atoms with Gasteiger partial charge in [0.1, 0.15) is 11.9 Å². The summed E-state index contributed by atoms with van der Waals surface area (Å²) in [5.74, 6) is -1.36. The van der Waals surface area contributed by atoms with Crippen molar-refractivity contribution in [3.8, 4) is 6.07 Å². The molecule has 0 amide bonds. The summed E-state index contributed by atoms with van der Waals surface area (Å²) < 4.78 is 13.5. The number of aliphatic carboxylic acids is 1. The van der Waals surface area contributed by atoms with Gasteiger partial charge in [-0.25, -0.2) is 4.39 Å². The number of rotatable bonds is 3. The van der Waals surface area contributed by atoms with Crippen LogP contribution in [0, 0.1) is 17.1 Å². The van der Waals surface area contributed by atoms with Crippen LogP contribution in [-0.4, -0.2) is 48.7 Å². The summed E-state index contributed by atoms with van der Waals surface area (Å²) >= 11 is 0. The minimum atomic E-state index is -0.835. The van der Waals surface area contributed by atoms with E-state index in [-0.39, 0.29) is 12.1 Å². The van der Waals surface area contributed by atoms with E-state index in [2.05, 4.69) is 0 Å². The van der Waals surface area contributed by atoms with Gasteiger partial charge in [-0.15, -0.1) is 0 Å². The number of hydrogen-bond acceptors (Lipinski definition) is 4. The first kappa shape index (κ1) is 13.3. The van der Waals surface area contributed by atoms with E-state index in [4.69, 9.17) is 10.4 Å². The molecule has 0 atom stereocenters. The highest BCUT2D eigenvalue weighted by Crippen LogP contribution is 2.19. The van der Waals surface area contributed by atoms with Crippen molar-refractivity contribution in [2.75, 3.05) is 37.6 Å². The van der Waals surface area contributed by atoms with E-state index in [1.54, 1.807) is 12.1 Å². The Morgan fingerprint density at radius 2 is 2.05 bits per heavy atom. The monoisotopic (exact) mass is 263 g/mol. The van der Waals surface area contributed by atoms with Crippen LogP contribution in [0.4, 0.5) is 10.1 Å². The van der Waals surface area contributed by atoms with Crippen molar-refractivity contribution in [3.63, 3.8) is 0 Å². The molecule has 0 bridgehead atoms. The zero-order valence-electron chi connectivity index (χ0n) is 10.3. The fourth-order valence-corrected chi connectivity index (χ4v) is 2.15. The lowest BCUT2D eigenvalue weighted by Crippen LogP contribution is -2.48. The molecule has 1 N–H and O–H groups in total. The number of halogens is 1. The molecule has 6 heteroatoms. The van der Waals surface area contributed by atoms with Gasteiger partial charge in [-0.05, 0) is 18.2 Å². The predicted octanol–water partition coefficient (Wildman–Crippen LogP) is 0.904.